The summed E-state index contributed by atoms with van der Waals surface area (Å²) in [5, 5.41) is 3.53. The number of methoxy groups -OCH3 is 1. The van der Waals surface area contributed by atoms with Crippen LogP contribution in [-0.2, 0) is 4.74 Å². The molecule has 0 aliphatic heterocycles. The van der Waals surface area contributed by atoms with E-state index in [1.165, 1.54) is 26.4 Å². The van der Waals surface area contributed by atoms with Crippen molar-refractivity contribution in [3.63, 3.8) is 0 Å². The van der Waals surface area contributed by atoms with E-state index in [1.54, 1.807) is 6.07 Å². The Kier molecular flexibility index (Phi) is 4.21. The molecule has 0 amide bonds. The maximum Gasteiger partial charge on any atom is 0.340 e. The first kappa shape index (κ1) is 14.7. The molecule has 0 saturated heterocycles. The number of para-hydroxylation sites is 1. The molecule has 1 aromatic rings. The van der Waals surface area contributed by atoms with Crippen LogP contribution in [0.2, 0.25) is 0 Å². The summed E-state index contributed by atoms with van der Waals surface area (Å²) in [4.78, 5) is 11.7. The van der Waals surface area contributed by atoms with Crippen LogP contribution in [0.3, 0.4) is 0 Å². The normalized spacial score (nSPS) is 21.2. The fraction of sp³-hybridized carbons (Fsp3) is 0.562. The summed E-state index contributed by atoms with van der Waals surface area (Å²) >= 11 is 0. The van der Waals surface area contributed by atoms with Gasteiger partial charge in [0.05, 0.1) is 24.0 Å². The maximum absolute atomic E-state index is 11.7. The lowest BCUT2D eigenvalue weighted by molar-refractivity contribution is 0.0602. The van der Waals surface area contributed by atoms with E-state index < -0.39 is 5.97 Å². The second-order valence-electron chi connectivity index (χ2n) is 6.19. The molecule has 1 aliphatic carbocycles. The van der Waals surface area contributed by atoms with Gasteiger partial charge in [-0.3, -0.25) is 0 Å². The Morgan fingerprint density at radius 1 is 1.40 bits per heavy atom. The number of esters is 1. The number of nitrogens with one attached hydrogen (secondary N) is 1. The highest BCUT2D eigenvalue weighted by molar-refractivity contribution is 5.98. The molecule has 0 radical (unpaired) electrons. The average molecular weight is 276 g/mol. The monoisotopic (exact) mass is 276 g/mol. The van der Waals surface area contributed by atoms with Crippen LogP contribution in [0.4, 0.5) is 11.4 Å². The lowest BCUT2D eigenvalue weighted by atomic mass is 9.73. The molecule has 3 N–H and O–H groups in total. The number of rotatable bonds is 3. The third kappa shape index (κ3) is 2.89. The van der Waals surface area contributed by atoms with Crippen molar-refractivity contribution >= 4 is 17.3 Å². The first-order chi connectivity index (χ1) is 9.45. The molecule has 1 fully saturated rings. The first-order valence-electron chi connectivity index (χ1n) is 7.19. The molecule has 2 rings (SSSR count). The van der Waals surface area contributed by atoms with Crippen LogP contribution in [-0.4, -0.2) is 19.1 Å². The zero-order valence-corrected chi connectivity index (χ0v) is 12.5. The topological polar surface area (TPSA) is 64.3 Å². The molecule has 1 aliphatic rings. The minimum Gasteiger partial charge on any atom is -0.465 e. The van der Waals surface area contributed by atoms with Crippen molar-refractivity contribution in [2.24, 2.45) is 5.41 Å². The lowest BCUT2D eigenvalue weighted by Gasteiger charge is -2.40. The van der Waals surface area contributed by atoms with Gasteiger partial charge in [0, 0.05) is 6.04 Å². The number of benzene rings is 1. The van der Waals surface area contributed by atoms with Crippen molar-refractivity contribution in [1.82, 2.24) is 0 Å². The summed E-state index contributed by atoms with van der Waals surface area (Å²) in [6.07, 6.45) is 4.86. The number of carbonyl (C=O) groups is 1. The van der Waals surface area contributed by atoms with E-state index in [2.05, 4.69) is 19.2 Å². The van der Waals surface area contributed by atoms with E-state index >= 15 is 0 Å². The second kappa shape index (κ2) is 5.73. The summed E-state index contributed by atoms with van der Waals surface area (Å²) in [7, 11) is 1.37. The molecule has 0 aromatic heterocycles. The molecule has 0 spiro atoms. The van der Waals surface area contributed by atoms with Gasteiger partial charge in [-0.05, 0) is 30.4 Å². The molecule has 1 atom stereocenters. The third-order valence-electron chi connectivity index (χ3n) is 4.35. The van der Waals surface area contributed by atoms with E-state index in [-0.39, 0.29) is 5.41 Å². The zero-order chi connectivity index (χ0) is 14.8. The van der Waals surface area contributed by atoms with Crippen LogP contribution in [0.15, 0.2) is 18.2 Å². The summed E-state index contributed by atoms with van der Waals surface area (Å²) in [6.45, 7) is 4.56. The van der Waals surface area contributed by atoms with Crippen molar-refractivity contribution in [3.8, 4) is 0 Å². The smallest absolute Gasteiger partial charge is 0.340 e. The molecule has 1 aromatic carbocycles. The van der Waals surface area contributed by atoms with Gasteiger partial charge in [0.15, 0.2) is 0 Å². The number of nitrogens with two attached hydrogens (primary N) is 1. The Bertz CT molecular complexity index is 497. The van der Waals surface area contributed by atoms with Gasteiger partial charge in [-0.15, -0.1) is 0 Å². The quantitative estimate of drug-likeness (QED) is 0.655. The van der Waals surface area contributed by atoms with Crippen LogP contribution >= 0.6 is 0 Å². The van der Waals surface area contributed by atoms with Crippen molar-refractivity contribution in [1.29, 1.82) is 0 Å². The standard InChI is InChI=1S/C16H24N2O2/c1-16(2)10-5-4-9-13(16)18-12-8-6-7-11(14(12)17)15(19)20-3/h6-8,13,18H,4-5,9-10,17H2,1-3H3. The molecular formula is C16H24N2O2. The number of hydrogen-bond acceptors (Lipinski definition) is 4. The van der Waals surface area contributed by atoms with Crippen LogP contribution in [0.25, 0.3) is 0 Å². The van der Waals surface area contributed by atoms with Crippen LogP contribution in [0, 0.1) is 5.41 Å². The SMILES string of the molecule is COC(=O)c1cccc(NC2CCCCC2(C)C)c1N. The number of ether oxygens (including phenoxy) is 1. The van der Waals surface area contributed by atoms with Crippen LogP contribution in [0.1, 0.15) is 49.9 Å². The Balaban J connectivity index is 2.23. The minimum absolute atomic E-state index is 0.242. The minimum atomic E-state index is -0.394. The summed E-state index contributed by atoms with van der Waals surface area (Å²) in [6, 6.07) is 5.83. The fourth-order valence-corrected chi connectivity index (χ4v) is 2.93. The average Bonchev–Trinajstić information content (AvgIpc) is 2.42. The Morgan fingerprint density at radius 3 is 2.80 bits per heavy atom. The highest BCUT2D eigenvalue weighted by atomic mass is 16.5. The highest BCUT2D eigenvalue weighted by Crippen LogP contribution is 2.38. The summed E-state index contributed by atoms with van der Waals surface area (Å²) in [5.41, 5.74) is 8.07. The predicted octanol–water partition coefficient (Wildman–Crippen LogP) is 3.44. The highest BCUT2D eigenvalue weighted by Gasteiger charge is 2.32. The van der Waals surface area contributed by atoms with Crippen molar-refractivity contribution in [3.05, 3.63) is 23.8 Å². The zero-order valence-electron chi connectivity index (χ0n) is 12.5. The molecule has 110 valence electrons. The first-order valence-corrected chi connectivity index (χ1v) is 7.19. The molecular weight excluding hydrogens is 252 g/mol. The van der Waals surface area contributed by atoms with Gasteiger partial charge in [0.25, 0.3) is 0 Å². The van der Waals surface area contributed by atoms with Crippen LogP contribution < -0.4 is 11.1 Å². The van der Waals surface area contributed by atoms with E-state index in [4.69, 9.17) is 10.5 Å². The van der Waals surface area contributed by atoms with E-state index in [9.17, 15) is 4.79 Å². The van der Waals surface area contributed by atoms with Gasteiger partial charge in [-0.2, -0.15) is 0 Å². The molecule has 4 heteroatoms. The molecule has 0 heterocycles. The second-order valence-corrected chi connectivity index (χ2v) is 6.19. The Hall–Kier alpha value is -1.71. The molecule has 4 nitrogen and oxygen atoms in total. The Morgan fingerprint density at radius 2 is 2.15 bits per heavy atom. The maximum atomic E-state index is 11.7. The van der Waals surface area contributed by atoms with Gasteiger partial charge in [0.2, 0.25) is 0 Å². The van der Waals surface area contributed by atoms with Gasteiger partial charge in [-0.25, -0.2) is 4.79 Å². The molecule has 1 saturated carbocycles. The summed E-state index contributed by atoms with van der Waals surface area (Å²) < 4.78 is 4.76. The number of nitrogen functional groups attached to an aromatic ring is 1. The number of anilines is 2. The number of carbonyl (C=O) groups excluding carboxylic acids is 1. The largest absolute Gasteiger partial charge is 0.465 e. The van der Waals surface area contributed by atoms with Crippen molar-refractivity contribution < 1.29 is 9.53 Å². The van der Waals surface area contributed by atoms with Gasteiger partial charge in [0.1, 0.15) is 0 Å². The van der Waals surface area contributed by atoms with Gasteiger partial charge < -0.3 is 15.8 Å². The van der Waals surface area contributed by atoms with Crippen molar-refractivity contribution in [2.75, 3.05) is 18.2 Å². The van der Waals surface area contributed by atoms with Crippen molar-refractivity contribution in [2.45, 2.75) is 45.6 Å². The van der Waals surface area contributed by atoms with E-state index in [0.717, 1.165) is 12.1 Å². The predicted molar refractivity (Wildman–Crippen MR) is 81.9 cm³/mol. The number of hydrogen-bond donors (Lipinski definition) is 2. The Labute approximate surface area is 120 Å². The molecule has 20 heavy (non-hydrogen) atoms. The van der Waals surface area contributed by atoms with Gasteiger partial charge >= 0.3 is 5.97 Å². The van der Waals surface area contributed by atoms with Gasteiger partial charge in [-0.1, -0.05) is 32.8 Å². The summed E-state index contributed by atoms with van der Waals surface area (Å²) in [5.74, 6) is -0.394. The fourth-order valence-electron chi connectivity index (χ4n) is 2.93. The molecule has 0 bridgehead atoms. The van der Waals surface area contributed by atoms with E-state index in [0.29, 0.717) is 17.3 Å². The third-order valence-corrected chi connectivity index (χ3v) is 4.35. The van der Waals surface area contributed by atoms with Crippen LogP contribution in [0.5, 0.6) is 0 Å². The lowest BCUT2D eigenvalue weighted by Crippen LogP contribution is -2.39. The van der Waals surface area contributed by atoms with E-state index in [1.807, 2.05) is 12.1 Å². The molecule has 1 unspecified atom stereocenters.